The molecule has 212 valence electrons. The number of para-hydroxylation sites is 1. The molecule has 0 saturated heterocycles. The molecule has 0 aliphatic rings. The molecule has 0 aliphatic carbocycles. The van der Waals surface area contributed by atoms with Crippen LogP contribution in [0.3, 0.4) is 0 Å². The molecule has 2 aromatic carbocycles. The van der Waals surface area contributed by atoms with Crippen LogP contribution in [-0.4, -0.2) is 69.5 Å². The van der Waals surface area contributed by atoms with E-state index in [2.05, 4.69) is 20.9 Å². The number of phenols is 1. The van der Waals surface area contributed by atoms with Gasteiger partial charge in [0.2, 0.25) is 23.6 Å². The van der Waals surface area contributed by atoms with E-state index >= 15 is 0 Å². The molecule has 1 aromatic heterocycles. The van der Waals surface area contributed by atoms with Gasteiger partial charge in [0.05, 0.1) is 12.6 Å². The summed E-state index contributed by atoms with van der Waals surface area (Å²) in [5.74, 6) is -4.09. The van der Waals surface area contributed by atoms with E-state index in [1.807, 2.05) is 24.3 Å². The van der Waals surface area contributed by atoms with Crippen LogP contribution in [0, 0.1) is 0 Å². The van der Waals surface area contributed by atoms with E-state index in [9.17, 15) is 34.2 Å². The molecule has 3 rings (SSSR count). The van der Waals surface area contributed by atoms with Gasteiger partial charge in [0.25, 0.3) is 0 Å². The number of rotatable bonds is 14. The van der Waals surface area contributed by atoms with Gasteiger partial charge < -0.3 is 42.6 Å². The fraction of sp³-hybridized carbons (Fsp3) is 0.296. The van der Waals surface area contributed by atoms with Crippen molar-refractivity contribution in [1.29, 1.82) is 0 Å². The first-order valence-corrected chi connectivity index (χ1v) is 12.5. The molecule has 13 heteroatoms. The van der Waals surface area contributed by atoms with Crippen molar-refractivity contribution in [2.45, 2.75) is 43.8 Å². The minimum Gasteiger partial charge on any atom is -0.508 e. The third-order valence-electron chi connectivity index (χ3n) is 6.20. The number of amides is 4. The molecule has 3 aromatic rings. The highest BCUT2D eigenvalue weighted by Gasteiger charge is 2.28. The second kappa shape index (κ2) is 13.8. The van der Waals surface area contributed by atoms with Gasteiger partial charge in [0.15, 0.2) is 0 Å². The van der Waals surface area contributed by atoms with Crippen molar-refractivity contribution in [1.82, 2.24) is 20.9 Å². The maximum absolute atomic E-state index is 13.1. The summed E-state index contributed by atoms with van der Waals surface area (Å²) < 4.78 is 0. The summed E-state index contributed by atoms with van der Waals surface area (Å²) in [6.45, 7) is -0.482. The number of phenolic OH excluding ortho intramolecular Hbond substituents is 1. The molecule has 0 fully saturated rings. The zero-order chi connectivity index (χ0) is 29.2. The van der Waals surface area contributed by atoms with Gasteiger partial charge in [-0.05, 0) is 42.2 Å². The average Bonchev–Trinajstić information content (AvgIpc) is 3.32. The first-order valence-electron chi connectivity index (χ1n) is 12.5. The highest BCUT2D eigenvalue weighted by atomic mass is 16.4. The van der Waals surface area contributed by atoms with Crippen LogP contribution in [0.4, 0.5) is 0 Å². The monoisotopic (exact) mass is 552 g/mol. The number of benzene rings is 2. The lowest BCUT2D eigenvalue weighted by atomic mass is 10.0. The number of nitrogens with two attached hydrogens (primary N) is 2. The Labute approximate surface area is 229 Å². The number of hydrogen-bond donors (Lipinski definition) is 8. The molecule has 1 heterocycles. The molecular weight excluding hydrogens is 520 g/mol. The summed E-state index contributed by atoms with van der Waals surface area (Å²) in [4.78, 5) is 64.2. The summed E-state index contributed by atoms with van der Waals surface area (Å²) in [7, 11) is 0. The second-order valence-electron chi connectivity index (χ2n) is 9.28. The molecule has 0 radical (unpaired) electrons. The molecule has 4 amide bonds. The Kier molecular flexibility index (Phi) is 10.2. The Balaban J connectivity index is 1.67. The van der Waals surface area contributed by atoms with E-state index in [-0.39, 0.29) is 31.4 Å². The fourth-order valence-corrected chi connectivity index (χ4v) is 4.07. The summed E-state index contributed by atoms with van der Waals surface area (Å²) in [5.41, 5.74) is 13.3. The standard InChI is InChI=1S/C27H32N6O7/c28-19(11-15-5-7-17(34)8-6-15)25(37)31-14-24(36)32-22(12-16-13-30-20-4-2-1-3-18(16)20)26(38)33-21(27(39)40)9-10-23(29)35/h1-8,13,19,21-22,30,34H,9-12,14,28H2,(H2,29,35)(H,31,37)(H,32,36)(H,33,38)(H,39,40). The van der Waals surface area contributed by atoms with Crippen LogP contribution in [-0.2, 0) is 36.8 Å². The molecular formula is C27H32N6O7. The van der Waals surface area contributed by atoms with Crippen molar-refractivity contribution in [3.63, 3.8) is 0 Å². The summed E-state index contributed by atoms with van der Waals surface area (Å²) in [6, 6.07) is 9.93. The number of carbonyl (C=O) groups is 5. The number of carbonyl (C=O) groups excluding carboxylic acids is 4. The molecule has 3 atom stereocenters. The molecule has 13 nitrogen and oxygen atoms in total. The number of primary amides is 1. The van der Waals surface area contributed by atoms with E-state index in [1.165, 1.54) is 12.1 Å². The van der Waals surface area contributed by atoms with Gasteiger partial charge in [-0.15, -0.1) is 0 Å². The van der Waals surface area contributed by atoms with Crippen molar-refractivity contribution in [2.24, 2.45) is 11.5 Å². The SMILES string of the molecule is NC(=O)CCC(NC(=O)C(Cc1c[nH]c2ccccc12)NC(=O)CNC(=O)C(N)Cc1ccc(O)cc1)C(=O)O. The minimum atomic E-state index is -1.40. The number of aromatic hydroxyl groups is 1. The number of carboxylic acids is 1. The molecule has 10 N–H and O–H groups in total. The Bertz CT molecular complexity index is 1370. The van der Waals surface area contributed by atoms with Gasteiger partial charge in [0.1, 0.15) is 17.8 Å². The van der Waals surface area contributed by atoms with Crippen LogP contribution in [0.15, 0.2) is 54.7 Å². The van der Waals surface area contributed by atoms with Crippen LogP contribution < -0.4 is 27.4 Å². The van der Waals surface area contributed by atoms with Crippen LogP contribution in [0.25, 0.3) is 10.9 Å². The number of aromatic nitrogens is 1. The Hall–Kier alpha value is -4.91. The molecule has 0 bridgehead atoms. The zero-order valence-electron chi connectivity index (χ0n) is 21.6. The van der Waals surface area contributed by atoms with Crippen molar-refractivity contribution >= 4 is 40.5 Å². The van der Waals surface area contributed by atoms with E-state index < -0.39 is 54.3 Å². The predicted octanol–water partition coefficient (Wildman–Crippen LogP) is -0.578. The van der Waals surface area contributed by atoms with Crippen LogP contribution in [0.5, 0.6) is 5.75 Å². The lowest BCUT2D eigenvalue weighted by Crippen LogP contribution is -2.54. The number of fused-ring (bicyclic) bond motifs is 1. The van der Waals surface area contributed by atoms with E-state index in [1.54, 1.807) is 18.3 Å². The second-order valence-corrected chi connectivity index (χ2v) is 9.28. The fourth-order valence-electron chi connectivity index (χ4n) is 4.07. The minimum absolute atomic E-state index is 0.0120. The normalized spacial score (nSPS) is 13.1. The number of nitrogens with one attached hydrogen (secondary N) is 4. The van der Waals surface area contributed by atoms with Crippen molar-refractivity contribution in [3.8, 4) is 5.75 Å². The molecule has 3 unspecified atom stereocenters. The first-order chi connectivity index (χ1) is 19.0. The van der Waals surface area contributed by atoms with Crippen molar-refractivity contribution in [2.75, 3.05) is 6.54 Å². The van der Waals surface area contributed by atoms with Crippen LogP contribution in [0.1, 0.15) is 24.0 Å². The Morgan fingerprint density at radius 3 is 2.27 bits per heavy atom. The van der Waals surface area contributed by atoms with Gasteiger partial charge in [0, 0.05) is 29.9 Å². The highest BCUT2D eigenvalue weighted by Crippen LogP contribution is 2.19. The lowest BCUT2D eigenvalue weighted by molar-refractivity contribution is -0.142. The smallest absolute Gasteiger partial charge is 0.326 e. The van der Waals surface area contributed by atoms with Gasteiger partial charge >= 0.3 is 5.97 Å². The largest absolute Gasteiger partial charge is 0.508 e. The zero-order valence-corrected chi connectivity index (χ0v) is 21.6. The van der Waals surface area contributed by atoms with Crippen LogP contribution in [0.2, 0.25) is 0 Å². The average molecular weight is 553 g/mol. The molecule has 0 spiro atoms. The van der Waals surface area contributed by atoms with Gasteiger partial charge in [-0.2, -0.15) is 0 Å². The maximum atomic E-state index is 13.1. The van der Waals surface area contributed by atoms with Gasteiger partial charge in [-0.3, -0.25) is 19.2 Å². The van der Waals surface area contributed by atoms with Crippen molar-refractivity contribution < 1.29 is 34.2 Å². The molecule has 0 aliphatic heterocycles. The van der Waals surface area contributed by atoms with E-state index in [0.29, 0.717) is 11.1 Å². The number of aromatic amines is 1. The van der Waals surface area contributed by atoms with E-state index in [0.717, 1.165) is 10.9 Å². The number of H-pyrrole nitrogens is 1. The Morgan fingerprint density at radius 2 is 1.60 bits per heavy atom. The first kappa shape index (κ1) is 29.6. The summed E-state index contributed by atoms with van der Waals surface area (Å²) >= 11 is 0. The van der Waals surface area contributed by atoms with Gasteiger partial charge in [-0.1, -0.05) is 30.3 Å². The van der Waals surface area contributed by atoms with Gasteiger partial charge in [-0.25, -0.2) is 4.79 Å². The third kappa shape index (κ3) is 8.56. The third-order valence-corrected chi connectivity index (χ3v) is 6.20. The number of carboxylic acid groups (broad SMARTS) is 1. The number of aliphatic carboxylic acids is 1. The Morgan fingerprint density at radius 1 is 0.900 bits per heavy atom. The quantitative estimate of drug-likeness (QED) is 0.129. The molecule has 0 saturated carbocycles. The maximum Gasteiger partial charge on any atom is 0.326 e. The summed E-state index contributed by atoms with van der Waals surface area (Å²) in [5, 5.41) is 27.0. The lowest BCUT2D eigenvalue weighted by Gasteiger charge is -2.21. The predicted molar refractivity (Wildman–Crippen MR) is 145 cm³/mol. The molecule has 40 heavy (non-hydrogen) atoms. The highest BCUT2D eigenvalue weighted by molar-refractivity contribution is 5.93. The number of hydrogen-bond acceptors (Lipinski definition) is 7. The van der Waals surface area contributed by atoms with Crippen molar-refractivity contribution in [3.05, 3.63) is 65.9 Å². The van der Waals surface area contributed by atoms with Crippen LogP contribution >= 0.6 is 0 Å². The topological polar surface area (TPSA) is 230 Å². The van der Waals surface area contributed by atoms with E-state index in [4.69, 9.17) is 11.5 Å². The summed E-state index contributed by atoms with van der Waals surface area (Å²) in [6.07, 6.45) is 1.38.